The summed E-state index contributed by atoms with van der Waals surface area (Å²) in [4.78, 5) is 8.49. The second-order valence-corrected chi connectivity index (χ2v) is 5.83. The van der Waals surface area contributed by atoms with Crippen LogP contribution in [0, 0.1) is 5.82 Å². The Morgan fingerprint density at radius 3 is 2.50 bits per heavy atom. The molecule has 148 valence electrons. The summed E-state index contributed by atoms with van der Waals surface area (Å²) in [5.41, 5.74) is 0.995. The molecule has 0 aliphatic carbocycles. The molecule has 0 amide bonds. The van der Waals surface area contributed by atoms with E-state index in [-0.39, 0.29) is 29.8 Å². The minimum atomic E-state index is -0.299. The number of ether oxygens (including phenoxy) is 1. The average Bonchev–Trinajstić information content (AvgIpc) is 3.21. The Hall–Kier alpha value is -2.62. The topological polar surface area (TPSA) is 63.5 Å². The number of aliphatic imine (C=N–C) groups is 1. The van der Waals surface area contributed by atoms with Gasteiger partial charge in [0.2, 0.25) is 5.88 Å². The van der Waals surface area contributed by atoms with Crippen LogP contribution in [-0.4, -0.2) is 29.1 Å². The molecule has 3 rings (SSSR count). The van der Waals surface area contributed by atoms with Gasteiger partial charge < -0.3 is 19.9 Å². The molecule has 0 saturated heterocycles. The summed E-state index contributed by atoms with van der Waals surface area (Å²) < 4.78 is 20.6. The number of benzene rings is 1. The van der Waals surface area contributed by atoms with E-state index >= 15 is 0 Å². The van der Waals surface area contributed by atoms with Gasteiger partial charge in [0.1, 0.15) is 11.6 Å². The minimum Gasteiger partial charge on any atom is -0.439 e. The molecule has 0 saturated carbocycles. The van der Waals surface area contributed by atoms with E-state index in [0.29, 0.717) is 18.2 Å². The third kappa shape index (κ3) is 6.84. The predicted octanol–water partition coefficient (Wildman–Crippen LogP) is 3.80. The largest absolute Gasteiger partial charge is 0.439 e. The Bertz CT molecular complexity index is 851. The van der Waals surface area contributed by atoms with Gasteiger partial charge in [0.05, 0.1) is 0 Å². The van der Waals surface area contributed by atoms with Crippen LogP contribution in [-0.2, 0) is 13.1 Å². The van der Waals surface area contributed by atoms with Crippen molar-refractivity contribution in [3.63, 3.8) is 0 Å². The van der Waals surface area contributed by atoms with Gasteiger partial charge in [0.25, 0.3) is 0 Å². The zero-order chi connectivity index (χ0) is 18.9. The number of pyridine rings is 1. The Morgan fingerprint density at radius 1 is 1.11 bits per heavy atom. The molecular weight excluding hydrogens is 472 g/mol. The summed E-state index contributed by atoms with van der Waals surface area (Å²) >= 11 is 0. The van der Waals surface area contributed by atoms with Gasteiger partial charge in [-0.15, -0.1) is 24.0 Å². The van der Waals surface area contributed by atoms with Gasteiger partial charge in [-0.25, -0.2) is 9.37 Å². The van der Waals surface area contributed by atoms with Gasteiger partial charge in [0.15, 0.2) is 5.96 Å². The first-order chi connectivity index (χ1) is 13.2. The first-order valence-electron chi connectivity index (χ1n) is 8.66. The number of aromatic nitrogens is 2. The van der Waals surface area contributed by atoms with Crippen molar-refractivity contribution >= 4 is 29.9 Å². The standard InChI is InChI=1S/C20H22FN5O.HI/c1-22-20(23-10-13-26-11-2-3-12-26)25-15-16-4-9-19(24-14-16)27-18-7-5-17(21)6-8-18;/h2-9,11-12,14H,10,13,15H2,1H3,(H2,22,23,25);1H. The van der Waals surface area contributed by atoms with Gasteiger partial charge in [-0.3, -0.25) is 4.99 Å². The lowest BCUT2D eigenvalue weighted by molar-refractivity contribution is 0.461. The predicted molar refractivity (Wildman–Crippen MR) is 119 cm³/mol. The molecule has 6 nitrogen and oxygen atoms in total. The molecule has 0 unspecified atom stereocenters. The maximum Gasteiger partial charge on any atom is 0.219 e. The van der Waals surface area contributed by atoms with Gasteiger partial charge in [-0.1, -0.05) is 6.07 Å². The Balaban J connectivity index is 0.00000280. The lowest BCUT2D eigenvalue weighted by Gasteiger charge is -2.12. The van der Waals surface area contributed by atoms with E-state index in [1.807, 2.05) is 30.6 Å². The van der Waals surface area contributed by atoms with Gasteiger partial charge in [-0.2, -0.15) is 0 Å². The highest BCUT2D eigenvalue weighted by Gasteiger charge is 2.02. The number of hydrogen-bond donors (Lipinski definition) is 2. The molecule has 0 spiro atoms. The molecule has 0 aliphatic heterocycles. The van der Waals surface area contributed by atoms with Crippen LogP contribution < -0.4 is 15.4 Å². The van der Waals surface area contributed by atoms with E-state index < -0.39 is 0 Å². The van der Waals surface area contributed by atoms with Crippen molar-refractivity contribution in [2.75, 3.05) is 13.6 Å². The van der Waals surface area contributed by atoms with Gasteiger partial charge in [0, 0.05) is 51.3 Å². The molecule has 0 fully saturated rings. The molecule has 2 aromatic heterocycles. The van der Waals surface area contributed by atoms with E-state index in [1.54, 1.807) is 31.4 Å². The Kier molecular flexibility index (Phi) is 8.73. The molecule has 0 bridgehead atoms. The molecule has 0 atom stereocenters. The van der Waals surface area contributed by atoms with Crippen molar-refractivity contribution in [3.8, 4) is 11.6 Å². The van der Waals surface area contributed by atoms with Gasteiger partial charge >= 0.3 is 0 Å². The third-order valence-corrected chi connectivity index (χ3v) is 3.85. The molecule has 0 radical (unpaired) electrons. The van der Waals surface area contributed by atoms with Crippen LogP contribution in [0.4, 0.5) is 4.39 Å². The number of halogens is 2. The van der Waals surface area contributed by atoms with Crippen LogP contribution in [0.5, 0.6) is 11.6 Å². The monoisotopic (exact) mass is 495 g/mol. The number of hydrogen-bond acceptors (Lipinski definition) is 3. The molecule has 0 aliphatic rings. The number of nitrogens with zero attached hydrogens (tertiary/aromatic N) is 3. The maximum absolute atomic E-state index is 12.9. The van der Waals surface area contributed by atoms with Crippen molar-refractivity contribution < 1.29 is 9.13 Å². The molecule has 1 aromatic carbocycles. The summed E-state index contributed by atoms with van der Waals surface area (Å²) in [7, 11) is 1.74. The zero-order valence-corrected chi connectivity index (χ0v) is 17.8. The fourth-order valence-electron chi connectivity index (χ4n) is 2.43. The highest BCUT2D eigenvalue weighted by atomic mass is 127. The van der Waals surface area contributed by atoms with Crippen LogP contribution in [0.15, 0.2) is 72.1 Å². The summed E-state index contributed by atoms with van der Waals surface area (Å²) in [6.07, 6.45) is 5.79. The first kappa shape index (κ1) is 21.7. The second kappa shape index (κ2) is 11.3. The highest BCUT2D eigenvalue weighted by molar-refractivity contribution is 14.0. The van der Waals surface area contributed by atoms with Crippen molar-refractivity contribution in [2.45, 2.75) is 13.1 Å². The van der Waals surface area contributed by atoms with Crippen LogP contribution in [0.25, 0.3) is 0 Å². The molecule has 28 heavy (non-hydrogen) atoms. The lowest BCUT2D eigenvalue weighted by Crippen LogP contribution is -2.38. The zero-order valence-electron chi connectivity index (χ0n) is 15.5. The van der Waals surface area contributed by atoms with Crippen LogP contribution >= 0.6 is 24.0 Å². The number of guanidine groups is 1. The summed E-state index contributed by atoms with van der Waals surface area (Å²) in [6, 6.07) is 13.5. The number of rotatable bonds is 7. The maximum atomic E-state index is 12.9. The fraction of sp³-hybridized carbons (Fsp3) is 0.200. The second-order valence-electron chi connectivity index (χ2n) is 5.83. The minimum absolute atomic E-state index is 0. The van der Waals surface area contributed by atoms with Crippen molar-refractivity contribution in [3.05, 3.63) is 78.5 Å². The SMILES string of the molecule is CN=C(NCCn1cccc1)NCc1ccc(Oc2ccc(F)cc2)nc1.I. The van der Waals surface area contributed by atoms with Crippen LogP contribution in [0.2, 0.25) is 0 Å². The van der Waals surface area contributed by atoms with Crippen LogP contribution in [0.3, 0.4) is 0 Å². The van der Waals surface area contributed by atoms with E-state index in [1.165, 1.54) is 12.1 Å². The summed E-state index contributed by atoms with van der Waals surface area (Å²) in [5, 5.41) is 6.52. The van der Waals surface area contributed by atoms with Crippen molar-refractivity contribution in [1.29, 1.82) is 0 Å². The smallest absolute Gasteiger partial charge is 0.219 e. The molecule has 3 aromatic rings. The van der Waals surface area contributed by atoms with Crippen LogP contribution in [0.1, 0.15) is 5.56 Å². The summed E-state index contributed by atoms with van der Waals surface area (Å²) in [5.74, 6) is 1.43. The quantitative estimate of drug-likeness (QED) is 0.298. The van der Waals surface area contributed by atoms with E-state index in [2.05, 4.69) is 25.2 Å². The molecular formula is C20H23FIN5O. The molecule has 8 heteroatoms. The van der Waals surface area contributed by atoms with Crippen molar-refractivity contribution in [1.82, 2.24) is 20.2 Å². The van der Waals surface area contributed by atoms with E-state index in [9.17, 15) is 4.39 Å². The first-order valence-corrected chi connectivity index (χ1v) is 8.66. The Labute approximate surface area is 180 Å². The number of nitrogens with one attached hydrogen (secondary N) is 2. The lowest BCUT2D eigenvalue weighted by atomic mass is 10.3. The third-order valence-electron chi connectivity index (χ3n) is 3.85. The fourth-order valence-corrected chi connectivity index (χ4v) is 2.43. The van der Waals surface area contributed by atoms with Gasteiger partial charge in [-0.05, 0) is 42.0 Å². The summed E-state index contributed by atoms with van der Waals surface area (Å²) in [6.45, 7) is 2.23. The highest BCUT2D eigenvalue weighted by Crippen LogP contribution is 2.19. The molecule has 2 heterocycles. The Morgan fingerprint density at radius 2 is 1.86 bits per heavy atom. The van der Waals surface area contributed by atoms with E-state index in [0.717, 1.165) is 24.6 Å². The van der Waals surface area contributed by atoms with Crippen molar-refractivity contribution in [2.24, 2.45) is 4.99 Å². The van der Waals surface area contributed by atoms with E-state index in [4.69, 9.17) is 4.74 Å². The average molecular weight is 495 g/mol. The molecule has 2 N–H and O–H groups in total. The normalized spacial score (nSPS) is 10.9.